The van der Waals surface area contributed by atoms with E-state index in [0.717, 1.165) is 6.61 Å². The van der Waals surface area contributed by atoms with Crippen molar-refractivity contribution < 1.29 is 4.37 Å². The van der Waals surface area contributed by atoms with Crippen LogP contribution in [-0.4, -0.2) is 20.3 Å². The second-order valence-corrected chi connectivity index (χ2v) is 2.13. The van der Waals surface area contributed by atoms with Gasteiger partial charge >= 0.3 is 0 Å². The Morgan fingerprint density at radius 3 is 2.25 bits per heavy atom. The van der Waals surface area contributed by atoms with Crippen molar-refractivity contribution in [1.82, 2.24) is 0 Å². The Kier molecular flexibility index (Phi) is 5.08. The minimum atomic E-state index is 1.10. The van der Waals surface area contributed by atoms with Gasteiger partial charge in [-0.2, -0.15) is 0 Å². The van der Waals surface area contributed by atoms with Gasteiger partial charge in [0.05, 0.1) is 0 Å². The summed E-state index contributed by atoms with van der Waals surface area (Å²) in [7, 11) is 2.08. The normalized spacial score (nSPS) is 10.5. The summed E-state index contributed by atoms with van der Waals surface area (Å²) in [6.45, 7) is 6.64. The summed E-state index contributed by atoms with van der Waals surface area (Å²) in [6, 6.07) is 0. The first-order valence-electron chi connectivity index (χ1n) is 3.40. The molecular weight excluding hydrogens is 100 g/mol. The Balaban J connectivity index is 2.86. The molecule has 0 aromatic heterocycles. The molecule has 0 atom stereocenters. The predicted octanol–water partition coefficient (Wildman–Crippen LogP) is 1.99. The fourth-order valence-electron chi connectivity index (χ4n) is 0.535. The largest absolute Gasteiger partial charge is 0.424 e. The highest BCUT2D eigenvalue weighted by molar-refractivity contribution is 4.33. The lowest BCUT2D eigenvalue weighted by molar-refractivity contribution is -0.0922. The van der Waals surface area contributed by atoms with Crippen LogP contribution in [0.15, 0.2) is 0 Å². The zero-order valence-electron chi connectivity index (χ0n) is 6.24. The smallest absolute Gasteiger partial charge is 0.145 e. The lowest BCUT2D eigenvalue weighted by Crippen LogP contribution is -2.08. The van der Waals surface area contributed by atoms with Crippen LogP contribution in [0.1, 0.15) is 26.7 Å². The molecule has 0 fully saturated rings. The molecule has 0 rings (SSSR count). The molecule has 0 spiro atoms. The summed E-state index contributed by atoms with van der Waals surface area (Å²) in [4.78, 5) is 0. The van der Waals surface area contributed by atoms with E-state index >= 15 is 0 Å². The number of rotatable bonds is 4. The van der Waals surface area contributed by atoms with Gasteiger partial charge in [-0.05, 0) is 6.42 Å². The van der Waals surface area contributed by atoms with Gasteiger partial charge in [0, 0.05) is 13.3 Å². The van der Waals surface area contributed by atoms with Gasteiger partial charge in [0.2, 0.25) is 0 Å². The maximum absolute atomic E-state index is 3.03. The Morgan fingerprint density at radius 1 is 1.25 bits per heavy atom. The van der Waals surface area contributed by atoms with Gasteiger partial charge in [-0.15, -0.1) is 0 Å². The van der Waals surface area contributed by atoms with Gasteiger partial charge in [0.15, 0.2) is 0 Å². The molecule has 0 unspecified atom stereocenters. The van der Waals surface area contributed by atoms with Crippen molar-refractivity contribution in [3.8, 4) is 0 Å². The molecule has 0 amide bonds. The van der Waals surface area contributed by atoms with Crippen molar-refractivity contribution >= 4 is 0 Å². The van der Waals surface area contributed by atoms with Crippen LogP contribution in [0.4, 0.5) is 0 Å². The number of hydrogen-bond donors (Lipinski definition) is 0. The van der Waals surface area contributed by atoms with E-state index in [4.69, 9.17) is 0 Å². The Labute approximate surface area is 52.4 Å². The van der Waals surface area contributed by atoms with E-state index in [1.54, 1.807) is 0 Å². The molecule has 8 heavy (non-hydrogen) atoms. The molecule has 0 aliphatic heterocycles. The molecule has 0 saturated heterocycles. The third kappa shape index (κ3) is 4.13. The minimum Gasteiger partial charge on any atom is -0.424 e. The molecule has 50 valence electrons. The molecule has 0 radical (unpaired) electrons. The molecular formula is C7H17O+. The topological polar surface area (TPSA) is 2.70 Å². The molecule has 0 bridgehead atoms. The molecule has 0 aliphatic rings. The fraction of sp³-hybridized carbons (Fsp3) is 1.00. The van der Waals surface area contributed by atoms with Crippen LogP contribution in [0.2, 0.25) is 0 Å². The lowest BCUT2D eigenvalue weighted by atomic mass is 10.4. The van der Waals surface area contributed by atoms with Crippen molar-refractivity contribution in [3.63, 3.8) is 0 Å². The predicted molar refractivity (Wildman–Crippen MR) is 37.3 cm³/mol. The Bertz CT molecular complexity index is 43.7. The lowest BCUT2D eigenvalue weighted by Gasteiger charge is -2.09. The van der Waals surface area contributed by atoms with Crippen LogP contribution < -0.4 is 0 Å². The standard InChI is InChI=1S/C7H17O/c1-4-6-7-8(3)5-2/h4-7H2,1-3H3/q+1. The molecule has 0 aliphatic carbocycles. The van der Waals surface area contributed by atoms with Crippen LogP contribution in [0, 0.1) is 0 Å². The van der Waals surface area contributed by atoms with Crippen LogP contribution in [-0.2, 0) is 4.37 Å². The maximum atomic E-state index is 3.03. The monoisotopic (exact) mass is 117 g/mol. The highest BCUT2D eigenvalue weighted by atomic mass is 16.7. The third-order valence-electron chi connectivity index (χ3n) is 1.34. The van der Waals surface area contributed by atoms with Gasteiger partial charge in [-0.25, -0.2) is 0 Å². The van der Waals surface area contributed by atoms with Crippen molar-refractivity contribution in [1.29, 1.82) is 0 Å². The average molecular weight is 117 g/mol. The zero-order chi connectivity index (χ0) is 6.41. The summed E-state index contributed by atoms with van der Waals surface area (Å²) < 4.78 is 3.03. The zero-order valence-corrected chi connectivity index (χ0v) is 6.24. The van der Waals surface area contributed by atoms with E-state index in [1.807, 2.05) is 0 Å². The molecule has 0 saturated carbocycles. The van der Waals surface area contributed by atoms with Crippen LogP contribution in [0.25, 0.3) is 0 Å². The van der Waals surface area contributed by atoms with Crippen molar-refractivity contribution in [3.05, 3.63) is 0 Å². The molecule has 0 heterocycles. The second-order valence-electron chi connectivity index (χ2n) is 2.13. The van der Waals surface area contributed by atoms with E-state index in [9.17, 15) is 0 Å². The summed E-state index contributed by atoms with van der Waals surface area (Å²) in [5.74, 6) is 0. The molecule has 0 aromatic carbocycles. The average Bonchev–Trinajstić information content (AvgIpc) is 1.83. The SMILES string of the molecule is CCCC[O+](C)CC. The Hall–Kier alpha value is -0.0400. The third-order valence-corrected chi connectivity index (χ3v) is 1.34. The van der Waals surface area contributed by atoms with Gasteiger partial charge in [-0.3, -0.25) is 0 Å². The summed E-state index contributed by atoms with van der Waals surface area (Å²) in [5, 5.41) is 0. The van der Waals surface area contributed by atoms with E-state index in [2.05, 4.69) is 25.3 Å². The summed E-state index contributed by atoms with van der Waals surface area (Å²) in [5.41, 5.74) is 0. The van der Waals surface area contributed by atoms with E-state index < -0.39 is 0 Å². The van der Waals surface area contributed by atoms with Crippen molar-refractivity contribution in [2.45, 2.75) is 26.7 Å². The van der Waals surface area contributed by atoms with E-state index in [0.29, 0.717) is 0 Å². The van der Waals surface area contributed by atoms with Crippen LogP contribution in [0.3, 0.4) is 0 Å². The number of unbranched alkanes of at least 4 members (excludes halogenated alkanes) is 1. The van der Waals surface area contributed by atoms with Crippen LogP contribution >= 0.6 is 0 Å². The maximum Gasteiger partial charge on any atom is 0.145 e. The van der Waals surface area contributed by atoms with Gasteiger partial charge < -0.3 is 4.37 Å². The highest BCUT2D eigenvalue weighted by Gasteiger charge is 1.94. The molecule has 1 heteroatoms. The quantitative estimate of drug-likeness (QED) is 0.495. The number of hydrogen-bond acceptors (Lipinski definition) is 0. The molecule has 0 aromatic rings. The van der Waals surface area contributed by atoms with E-state index in [-0.39, 0.29) is 0 Å². The molecule has 1 nitrogen and oxygen atoms in total. The highest BCUT2D eigenvalue weighted by Crippen LogP contribution is 1.94. The van der Waals surface area contributed by atoms with Crippen molar-refractivity contribution in [2.75, 3.05) is 20.3 Å². The van der Waals surface area contributed by atoms with Gasteiger partial charge in [0.1, 0.15) is 20.3 Å². The first-order chi connectivity index (χ1) is 3.81. The Morgan fingerprint density at radius 2 is 1.88 bits per heavy atom. The first-order valence-corrected chi connectivity index (χ1v) is 3.40. The van der Waals surface area contributed by atoms with Gasteiger partial charge in [0.25, 0.3) is 0 Å². The first kappa shape index (κ1) is 7.96. The minimum absolute atomic E-state index is 1.10. The van der Waals surface area contributed by atoms with Crippen molar-refractivity contribution in [2.24, 2.45) is 0 Å². The van der Waals surface area contributed by atoms with Crippen LogP contribution in [0.5, 0.6) is 0 Å². The fourth-order valence-corrected chi connectivity index (χ4v) is 0.535. The van der Waals surface area contributed by atoms with E-state index in [1.165, 1.54) is 19.4 Å². The summed E-state index contributed by atoms with van der Waals surface area (Å²) in [6.07, 6.45) is 2.59. The summed E-state index contributed by atoms with van der Waals surface area (Å²) >= 11 is 0. The molecule has 0 N–H and O–H groups in total. The second kappa shape index (κ2) is 5.10. The van der Waals surface area contributed by atoms with Gasteiger partial charge in [-0.1, -0.05) is 6.92 Å².